The van der Waals surface area contributed by atoms with Crippen molar-refractivity contribution in [3.63, 3.8) is 0 Å². The van der Waals surface area contributed by atoms with Crippen LogP contribution in [0.1, 0.15) is 19.0 Å². The van der Waals surface area contributed by atoms with Gasteiger partial charge >= 0.3 is 0 Å². The Labute approximate surface area is 199 Å². The molecule has 1 aliphatic rings. The topological polar surface area (TPSA) is 72.5 Å². The van der Waals surface area contributed by atoms with Crippen LogP contribution in [0.3, 0.4) is 0 Å². The number of nitrogens with zero attached hydrogens (tertiary/aromatic N) is 3. The molecule has 0 radical (unpaired) electrons. The highest BCUT2D eigenvalue weighted by atomic mass is 35.5. The molecule has 1 N–H and O–H groups in total. The highest BCUT2D eigenvalue weighted by Gasteiger charge is 2.18. The average Bonchev–Trinajstić information content (AvgIpc) is 3.12. The molecule has 0 saturated heterocycles. The van der Waals surface area contributed by atoms with E-state index < -0.39 is 0 Å². The number of oxazole rings is 1. The van der Waals surface area contributed by atoms with Crippen molar-refractivity contribution in [2.45, 2.75) is 30.1 Å². The first-order valence-electron chi connectivity index (χ1n) is 10.0. The molecule has 2 heterocycles. The maximum Gasteiger partial charge on any atom is 0.227 e. The van der Waals surface area contributed by atoms with Crippen molar-refractivity contribution in [3.8, 4) is 11.5 Å². The van der Waals surface area contributed by atoms with Crippen LogP contribution in [-0.2, 0) is 11.3 Å². The number of rotatable bonds is 8. The normalized spacial score (nSPS) is 13.5. The minimum Gasteiger partial charge on any atom is -0.487 e. The molecule has 0 spiro atoms. The van der Waals surface area contributed by atoms with E-state index in [0.717, 1.165) is 11.3 Å². The van der Waals surface area contributed by atoms with Gasteiger partial charge in [0.15, 0.2) is 5.09 Å². The molecule has 9 heteroatoms. The summed E-state index contributed by atoms with van der Waals surface area (Å²) in [5.41, 5.74) is 5.99. The number of ether oxygens (including phenoxy) is 1. The summed E-state index contributed by atoms with van der Waals surface area (Å²) in [7, 11) is 0. The number of pyridine rings is 1. The second kappa shape index (κ2) is 10.5. The van der Waals surface area contributed by atoms with Crippen molar-refractivity contribution in [2.24, 2.45) is 5.10 Å². The average molecular weight is 483 g/mol. The van der Waals surface area contributed by atoms with Gasteiger partial charge in [0, 0.05) is 18.5 Å². The van der Waals surface area contributed by atoms with Gasteiger partial charge in [-0.3, -0.25) is 5.43 Å². The lowest BCUT2D eigenvalue weighted by Crippen LogP contribution is -2.05. The van der Waals surface area contributed by atoms with Gasteiger partial charge in [0.25, 0.3) is 0 Å². The molecular weight excluding hydrogens is 463 g/mol. The summed E-state index contributed by atoms with van der Waals surface area (Å²) in [6.07, 6.45) is 8.14. The monoisotopic (exact) mass is 482 g/mol. The predicted molar refractivity (Wildman–Crippen MR) is 127 cm³/mol. The first-order valence-corrected chi connectivity index (χ1v) is 11.2. The molecule has 2 aromatic heterocycles. The van der Waals surface area contributed by atoms with Crippen molar-refractivity contribution in [1.29, 1.82) is 0 Å². The van der Waals surface area contributed by atoms with Crippen molar-refractivity contribution >= 4 is 30.1 Å². The van der Waals surface area contributed by atoms with Crippen LogP contribution in [0.4, 0.5) is 4.39 Å². The molecule has 0 aliphatic heterocycles. The third-order valence-electron chi connectivity index (χ3n) is 4.65. The first-order chi connectivity index (χ1) is 16.0. The molecule has 33 heavy (non-hydrogen) atoms. The van der Waals surface area contributed by atoms with Crippen molar-refractivity contribution in [2.75, 3.05) is 0 Å². The van der Waals surface area contributed by atoms with Crippen molar-refractivity contribution < 1.29 is 13.5 Å². The summed E-state index contributed by atoms with van der Waals surface area (Å²) in [6.45, 7) is 5.60. The van der Waals surface area contributed by atoms with Gasteiger partial charge in [0.2, 0.25) is 5.89 Å². The zero-order valence-corrected chi connectivity index (χ0v) is 19.3. The fraction of sp³-hybridized carbons (Fsp3) is 0.125. The van der Waals surface area contributed by atoms with Crippen LogP contribution in [0, 0.1) is 5.82 Å². The third kappa shape index (κ3) is 5.91. The summed E-state index contributed by atoms with van der Waals surface area (Å²) < 4.78 is 25.4. The van der Waals surface area contributed by atoms with E-state index in [-0.39, 0.29) is 12.4 Å². The van der Waals surface area contributed by atoms with Gasteiger partial charge in [0.1, 0.15) is 28.9 Å². The molecule has 0 amide bonds. The van der Waals surface area contributed by atoms with Crippen LogP contribution in [0.5, 0.6) is 0 Å². The number of aromatic nitrogens is 2. The van der Waals surface area contributed by atoms with Gasteiger partial charge in [-0.15, -0.1) is 0 Å². The number of hydrogen-bond acceptors (Lipinski definition) is 7. The third-order valence-corrected chi connectivity index (χ3v) is 5.83. The fourth-order valence-electron chi connectivity index (χ4n) is 3.02. The number of hydrogen-bond donors (Lipinski definition) is 1. The molecule has 0 bridgehead atoms. The molecule has 6 nitrogen and oxygen atoms in total. The zero-order chi connectivity index (χ0) is 23.2. The second-order valence-electron chi connectivity index (χ2n) is 7.02. The minimum atomic E-state index is -0.328. The number of hydrazone groups is 1. The van der Waals surface area contributed by atoms with Gasteiger partial charge in [-0.1, -0.05) is 17.7 Å². The lowest BCUT2D eigenvalue weighted by molar-refractivity contribution is 0.202. The number of benzene rings is 1. The molecule has 1 aliphatic carbocycles. The van der Waals surface area contributed by atoms with Crippen LogP contribution < -0.4 is 5.43 Å². The molecule has 1 aromatic carbocycles. The molecule has 3 aromatic rings. The van der Waals surface area contributed by atoms with E-state index in [9.17, 15) is 4.39 Å². The van der Waals surface area contributed by atoms with E-state index in [0.29, 0.717) is 44.5 Å². The Hall–Kier alpha value is -3.36. The quantitative estimate of drug-likeness (QED) is 0.291. The zero-order valence-electron chi connectivity index (χ0n) is 17.7. The van der Waals surface area contributed by atoms with Gasteiger partial charge in [0.05, 0.1) is 10.7 Å². The molecule has 0 fully saturated rings. The predicted octanol–water partition coefficient (Wildman–Crippen LogP) is 6.52. The highest BCUT2D eigenvalue weighted by Crippen LogP contribution is 2.34. The van der Waals surface area contributed by atoms with Crippen LogP contribution in [0.25, 0.3) is 11.5 Å². The van der Waals surface area contributed by atoms with Crippen LogP contribution >= 0.6 is 23.4 Å². The Morgan fingerprint density at radius 2 is 2.06 bits per heavy atom. The number of allylic oxidation sites excluding steroid dienone is 4. The van der Waals surface area contributed by atoms with Crippen LogP contribution in [0.15, 0.2) is 97.5 Å². The standard InChI is InChI=1S/C24H20ClFN4O2S/c1-15-12-19(4-3-5-20(15)30-27-2)31-14-21-24(33-22-11-8-17(25)13-28-22)32-23(29-21)16-6-9-18(26)10-7-16/h4-13,30H,2-3,14H2,1H3. The maximum atomic E-state index is 13.4. The summed E-state index contributed by atoms with van der Waals surface area (Å²) in [5.74, 6) is 0.749. The van der Waals surface area contributed by atoms with Gasteiger partial charge in [-0.25, -0.2) is 14.4 Å². The first kappa shape index (κ1) is 22.8. The van der Waals surface area contributed by atoms with Crippen LogP contribution in [0.2, 0.25) is 5.02 Å². The van der Waals surface area contributed by atoms with Crippen LogP contribution in [-0.4, -0.2) is 16.7 Å². The van der Waals surface area contributed by atoms with E-state index in [4.69, 9.17) is 20.8 Å². The Bertz CT molecular complexity index is 1230. The molecular formula is C24H20ClFN4O2S. The molecule has 4 rings (SSSR count). The molecule has 0 saturated carbocycles. The summed E-state index contributed by atoms with van der Waals surface area (Å²) in [6, 6.07) is 9.52. The van der Waals surface area contributed by atoms with E-state index in [1.54, 1.807) is 30.5 Å². The molecule has 0 atom stereocenters. The SMILES string of the molecule is C=NNC1=CCC=C(OCc2nc(-c3ccc(F)cc3)oc2Sc2ccc(Cl)cn2)C=C1C. The van der Waals surface area contributed by atoms with Gasteiger partial charge < -0.3 is 9.15 Å². The van der Waals surface area contributed by atoms with Crippen molar-refractivity contribution in [3.05, 3.63) is 94.4 Å². The summed E-state index contributed by atoms with van der Waals surface area (Å²) >= 11 is 7.26. The fourth-order valence-corrected chi connectivity index (χ4v) is 3.90. The van der Waals surface area contributed by atoms with Crippen molar-refractivity contribution in [1.82, 2.24) is 15.4 Å². The van der Waals surface area contributed by atoms with E-state index >= 15 is 0 Å². The molecule has 0 unspecified atom stereocenters. The van der Waals surface area contributed by atoms with E-state index in [1.807, 2.05) is 25.2 Å². The Morgan fingerprint density at radius 3 is 2.79 bits per heavy atom. The maximum absolute atomic E-state index is 13.4. The van der Waals surface area contributed by atoms with Gasteiger partial charge in [-0.05, 0) is 79.2 Å². The summed E-state index contributed by atoms with van der Waals surface area (Å²) in [5, 5.41) is 5.51. The Balaban J connectivity index is 1.57. The lowest BCUT2D eigenvalue weighted by atomic mass is 10.2. The minimum absolute atomic E-state index is 0.179. The van der Waals surface area contributed by atoms with Gasteiger partial charge in [-0.2, -0.15) is 5.10 Å². The lowest BCUT2D eigenvalue weighted by Gasteiger charge is -2.08. The van der Waals surface area contributed by atoms with E-state index in [2.05, 4.69) is 27.2 Å². The Kier molecular flexibility index (Phi) is 7.26. The summed E-state index contributed by atoms with van der Waals surface area (Å²) in [4.78, 5) is 8.92. The number of nitrogens with one attached hydrogen (secondary N) is 1. The second-order valence-corrected chi connectivity index (χ2v) is 8.45. The largest absolute Gasteiger partial charge is 0.487 e. The number of halogens is 2. The highest BCUT2D eigenvalue weighted by molar-refractivity contribution is 7.99. The smallest absolute Gasteiger partial charge is 0.227 e. The van der Waals surface area contributed by atoms with E-state index in [1.165, 1.54) is 23.9 Å². The Morgan fingerprint density at radius 1 is 1.24 bits per heavy atom. The molecule has 168 valence electrons.